The molecule has 0 saturated carbocycles. The Labute approximate surface area is 145 Å². The number of aliphatic carboxylic acids is 2. The first kappa shape index (κ1) is 23.7. The Morgan fingerprint density at radius 2 is 1.28 bits per heavy atom. The van der Waals surface area contributed by atoms with Gasteiger partial charge in [0.25, 0.3) is 0 Å². The number of aliphatic hydroxyl groups excluding tert-OH is 4. The smallest absolute Gasteiger partial charge is 0.303 e. The van der Waals surface area contributed by atoms with Gasteiger partial charge in [-0.1, -0.05) is 19.3 Å². The van der Waals surface area contributed by atoms with E-state index in [0.29, 0.717) is 12.8 Å². The van der Waals surface area contributed by atoms with Gasteiger partial charge in [0.2, 0.25) is 0 Å². The van der Waals surface area contributed by atoms with Gasteiger partial charge in [-0.2, -0.15) is 0 Å². The van der Waals surface area contributed by atoms with Gasteiger partial charge in [-0.25, -0.2) is 0 Å². The van der Waals surface area contributed by atoms with Gasteiger partial charge >= 0.3 is 11.9 Å². The van der Waals surface area contributed by atoms with Crippen molar-refractivity contribution >= 4 is 11.9 Å². The van der Waals surface area contributed by atoms with E-state index in [4.69, 9.17) is 30.9 Å². The van der Waals surface area contributed by atoms with Crippen molar-refractivity contribution in [2.24, 2.45) is 5.73 Å². The predicted molar refractivity (Wildman–Crippen MR) is 85.5 cm³/mol. The third-order valence-corrected chi connectivity index (χ3v) is 3.73. The fourth-order valence-electron chi connectivity index (χ4n) is 2.20. The average molecular weight is 367 g/mol. The number of aliphatic hydroxyl groups is 4. The second kappa shape index (κ2) is 13.0. The molecule has 0 aromatic rings. The van der Waals surface area contributed by atoms with Crippen LogP contribution in [0.1, 0.15) is 44.9 Å². The summed E-state index contributed by atoms with van der Waals surface area (Å²) in [5.74, 6) is -1.52. The van der Waals surface area contributed by atoms with Gasteiger partial charge in [-0.3, -0.25) is 9.59 Å². The molecule has 10 heteroatoms. The molecule has 0 amide bonds. The Morgan fingerprint density at radius 3 is 1.68 bits per heavy atom. The van der Waals surface area contributed by atoms with Crippen molar-refractivity contribution in [1.82, 2.24) is 0 Å². The zero-order valence-electron chi connectivity index (χ0n) is 14.0. The largest absolute Gasteiger partial charge is 0.481 e. The Kier molecular flexibility index (Phi) is 12.3. The minimum absolute atomic E-state index is 0.221. The fraction of sp³-hybridized carbons (Fsp3) is 0.867. The summed E-state index contributed by atoms with van der Waals surface area (Å²) in [5.41, 5.74) is 5.26. The maximum Gasteiger partial charge on any atom is 0.303 e. The van der Waals surface area contributed by atoms with Gasteiger partial charge in [0.1, 0.15) is 18.3 Å². The highest BCUT2D eigenvalue weighted by molar-refractivity contribution is 5.66. The number of rotatable bonds is 9. The van der Waals surface area contributed by atoms with Crippen molar-refractivity contribution in [1.29, 1.82) is 0 Å². The first-order valence-electron chi connectivity index (χ1n) is 8.20. The minimum atomic E-state index is -1.35. The molecule has 5 atom stereocenters. The van der Waals surface area contributed by atoms with Gasteiger partial charge in [-0.15, -0.1) is 0 Å². The molecule has 0 aromatic carbocycles. The van der Waals surface area contributed by atoms with Crippen LogP contribution in [0.15, 0.2) is 0 Å². The molecule has 1 fully saturated rings. The molecular formula is C15H29NO9. The topological polar surface area (TPSA) is 191 Å². The molecule has 0 radical (unpaired) electrons. The van der Waals surface area contributed by atoms with Crippen molar-refractivity contribution in [2.45, 2.75) is 75.6 Å². The van der Waals surface area contributed by atoms with Crippen LogP contribution in [0.2, 0.25) is 0 Å². The molecule has 1 heterocycles. The van der Waals surface area contributed by atoms with E-state index < -0.39 is 49.2 Å². The molecule has 0 aliphatic carbocycles. The Bertz CT molecular complexity index is 370. The Balaban J connectivity index is 0.000000462. The summed E-state index contributed by atoms with van der Waals surface area (Å²) in [4.78, 5) is 20.2. The van der Waals surface area contributed by atoms with Crippen LogP contribution in [0, 0.1) is 0 Å². The van der Waals surface area contributed by atoms with E-state index in [1.807, 2.05) is 0 Å². The molecule has 0 aromatic heterocycles. The fourth-order valence-corrected chi connectivity index (χ4v) is 2.20. The van der Waals surface area contributed by atoms with Crippen LogP contribution in [0.4, 0.5) is 0 Å². The van der Waals surface area contributed by atoms with Gasteiger partial charge in [0, 0.05) is 12.8 Å². The van der Waals surface area contributed by atoms with E-state index >= 15 is 0 Å². The maximum atomic E-state index is 10.1. The number of carboxylic acid groups (broad SMARTS) is 2. The number of unbranched alkanes of at least 4 members (excludes halogenated alkanes) is 4. The molecule has 0 bridgehead atoms. The second-order valence-corrected chi connectivity index (χ2v) is 5.86. The van der Waals surface area contributed by atoms with Crippen LogP contribution in [-0.2, 0) is 14.3 Å². The molecule has 8 N–H and O–H groups in total. The van der Waals surface area contributed by atoms with Crippen LogP contribution < -0.4 is 5.73 Å². The maximum absolute atomic E-state index is 10.1. The molecular weight excluding hydrogens is 338 g/mol. The quantitative estimate of drug-likeness (QED) is 0.239. The normalized spacial score (nSPS) is 28.8. The van der Waals surface area contributed by atoms with E-state index in [0.717, 1.165) is 19.3 Å². The molecule has 0 spiro atoms. The third kappa shape index (κ3) is 10.3. The van der Waals surface area contributed by atoms with E-state index in [1.54, 1.807) is 0 Å². The Morgan fingerprint density at radius 1 is 0.840 bits per heavy atom. The highest BCUT2D eigenvalue weighted by Gasteiger charge is 2.41. The summed E-state index contributed by atoms with van der Waals surface area (Å²) in [7, 11) is 0. The van der Waals surface area contributed by atoms with Crippen LogP contribution in [0.25, 0.3) is 0 Å². The van der Waals surface area contributed by atoms with Crippen molar-refractivity contribution < 1.29 is 45.0 Å². The van der Waals surface area contributed by atoms with Gasteiger partial charge < -0.3 is 41.1 Å². The summed E-state index contributed by atoms with van der Waals surface area (Å²) in [6, 6.07) is -1.04. The van der Waals surface area contributed by atoms with Crippen molar-refractivity contribution in [3.05, 3.63) is 0 Å². The number of carboxylic acids is 2. The molecule has 25 heavy (non-hydrogen) atoms. The molecule has 1 aliphatic heterocycles. The zero-order chi connectivity index (χ0) is 19.4. The second-order valence-electron chi connectivity index (χ2n) is 5.86. The third-order valence-electron chi connectivity index (χ3n) is 3.73. The van der Waals surface area contributed by atoms with E-state index in [-0.39, 0.29) is 12.8 Å². The lowest BCUT2D eigenvalue weighted by molar-refractivity contribution is -0.248. The lowest BCUT2D eigenvalue weighted by Gasteiger charge is -2.38. The van der Waals surface area contributed by atoms with Crippen molar-refractivity contribution in [3.63, 3.8) is 0 Å². The predicted octanol–water partition coefficient (Wildman–Crippen LogP) is -1.37. The number of hydrogen-bond acceptors (Lipinski definition) is 8. The van der Waals surface area contributed by atoms with E-state index in [9.17, 15) is 19.8 Å². The molecule has 10 nitrogen and oxygen atoms in total. The number of nitrogens with two attached hydrogens (primary N) is 1. The highest BCUT2D eigenvalue weighted by atomic mass is 16.6. The summed E-state index contributed by atoms with van der Waals surface area (Å²) in [6.45, 7) is -0.470. The summed E-state index contributed by atoms with van der Waals surface area (Å²) in [5, 5.41) is 52.7. The standard InChI is InChI=1S/C9H16O4.C6H13NO5/c10-8(11)6-4-2-1-3-5-7-9(12)13;7-3-5(10)4(9)2(1-8)12-6(3)11/h1-7H2,(H,10,11)(H,12,13);2-6,8-11H,1,7H2/t;2-,3-,4-,5-,6-/m.1/s1. The molecule has 1 aliphatic rings. The Hall–Kier alpha value is -1.30. The van der Waals surface area contributed by atoms with Gasteiger partial charge in [-0.05, 0) is 12.8 Å². The summed E-state index contributed by atoms with van der Waals surface area (Å²) < 4.78 is 4.70. The first-order valence-corrected chi connectivity index (χ1v) is 8.20. The van der Waals surface area contributed by atoms with Crippen LogP contribution in [0.3, 0.4) is 0 Å². The summed E-state index contributed by atoms with van der Waals surface area (Å²) >= 11 is 0. The lowest BCUT2D eigenvalue weighted by atomic mass is 9.98. The zero-order valence-corrected chi connectivity index (χ0v) is 14.0. The van der Waals surface area contributed by atoms with Crippen LogP contribution in [0.5, 0.6) is 0 Å². The van der Waals surface area contributed by atoms with Crippen LogP contribution in [-0.4, -0.2) is 79.8 Å². The monoisotopic (exact) mass is 367 g/mol. The molecule has 1 saturated heterocycles. The average Bonchev–Trinajstić information content (AvgIpc) is 2.55. The minimum Gasteiger partial charge on any atom is -0.481 e. The lowest BCUT2D eigenvalue weighted by Crippen LogP contribution is -2.61. The number of hydrogen-bond donors (Lipinski definition) is 7. The number of ether oxygens (including phenoxy) is 1. The number of carbonyl (C=O) groups is 2. The first-order chi connectivity index (χ1) is 11.7. The molecule has 0 unspecified atom stereocenters. The highest BCUT2D eigenvalue weighted by Crippen LogP contribution is 2.17. The SMILES string of the molecule is N[C@@H]1[C@@H](O)[C@H](O)[C@@H](CO)O[C@H]1O.O=C(O)CCCCCCCC(=O)O. The van der Waals surface area contributed by atoms with Gasteiger partial charge in [0.15, 0.2) is 6.29 Å². The van der Waals surface area contributed by atoms with E-state index in [2.05, 4.69) is 0 Å². The molecule has 1 rings (SSSR count). The van der Waals surface area contributed by atoms with Crippen molar-refractivity contribution in [3.8, 4) is 0 Å². The van der Waals surface area contributed by atoms with Gasteiger partial charge in [0.05, 0.1) is 12.6 Å². The van der Waals surface area contributed by atoms with Crippen molar-refractivity contribution in [2.75, 3.05) is 6.61 Å². The van der Waals surface area contributed by atoms with Crippen LogP contribution >= 0.6 is 0 Å². The van der Waals surface area contributed by atoms with E-state index in [1.165, 1.54) is 0 Å². The summed E-state index contributed by atoms with van der Waals surface area (Å²) in [6.07, 6.45) is -0.323. The molecule has 148 valence electrons.